The monoisotopic (exact) mass is 612 g/mol. The fourth-order valence-electron chi connectivity index (χ4n) is 7.68. The minimum Gasteiger partial charge on any atom is -0.333 e. The van der Waals surface area contributed by atoms with Crippen molar-refractivity contribution in [3.8, 4) is 29.0 Å². The van der Waals surface area contributed by atoms with Crippen LogP contribution in [-0.2, 0) is 0 Å². The normalized spacial score (nSPS) is 14.6. The lowest BCUT2D eigenvalue weighted by atomic mass is 9.88. The number of benzene rings is 6. The molecule has 0 saturated carbocycles. The molecule has 4 nitrogen and oxygen atoms in total. The molecule has 1 aliphatic rings. The van der Waals surface area contributed by atoms with Crippen LogP contribution in [0.25, 0.3) is 66.0 Å². The van der Waals surface area contributed by atoms with Crippen LogP contribution >= 0.6 is 0 Å². The van der Waals surface area contributed by atoms with E-state index in [1.165, 1.54) is 21.8 Å². The highest BCUT2D eigenvalue weighted by atomic mass is 15.0. The fourth-order valence-corrected chi connectivity index (χ4v) is 7.68. The summed E-state index contributed by atoms with van der Waals surface area (Å²) in [5.74, 6) is 0. The zero-order valence-corrected chi connectivity index (χ0v) is 26.0. The Balaban J connectivity index is 1.18. The molecule has 8 aromatic rings. The van der Waals surface area contributed by atoms with Gasteiger partial charge in [0, 0.05) is 50.1 Å². The lowest BCUT2D eigenvalue weighted by Crippen LogP contribution is -2.11. The summed E-state index contributed by atoms with van der Waals surface area (Å²) < 4.78 is 4.60. The van der Waals surface area contributed by atoms with Crippen LogP contribution in [0, 0.1) is 22.7 Å². The molecular formula is C44H28N4. The molecular weight excluding hydrogens is 585 g/mol. The van der Waals surface area contributed by atoms with Crippen molar-refractivity contribution in [2.75, 3.05) is 0 Å². The van der Waals surface area contributed by atoms with Gasteiger partial charge in [-0.2, -0.15) is 10.5 Å². The highest BCUT2D eigenvalue weighted by molar-refractivity contribution is 6.10. The molecule has 0 amide bonds. The van der Waals surface area contributed by atoms with Gasteiger partial charge in [-0.3, -0.25) is 0 Å². The summed E-state index contributed by atoms with van der Waals surface area (Å²) in [4.78, 5) is 0. The van der Waals surface area contributed by atoms with E-state index < -0.39 is 0 Å². The fraction of sp³-hybridized carbons (Fsp3) is 0.0455. The standard InChI is InChI=1S/C44H28N4/c45-27-31-13-10-18-35(44(31)48-42-21-7-3-16-38(42)39-17-4-8-22-43(39)48)30-12-9-11-29(25-30)34-24-23-33(26-32(34)28-46)47-40-19-5-1-14-36(40)37-15-2-6-20-41(37)47/h1-25,33H,26H2. The summed E-state index contributed by atoms with van der Waals surface area (Å²) in [7, 11) is 0. The second-order valence-corrected chi connectivity index (χ2v) is 12.3. The van der Waals surface area contributed by atoms with Gasteiger partial charge in [-0.25, -0.2) is 0 Å². The molecule has 9 rings (SSSR count). The van der Waals surface area contributed by atoms with Crippen molar-refractivity contribution in [1.82, 2.24) is 9.13 Å². The Morgan fingerprint density at radius 1 is 0.542 bits per heavy atom. The number of nitrogens with zero attached hydrogens (tertiary/aromatic N) is 4. The van der Waals surface area contributed by atoms with Gasteiger partial charge in [0.25, 0.3) is 0 Å². The van der Waals surface area contributed by atoms with Gasteiger partial charge < -0.3 is 9.13 Å². The van der Waals surface area contributed by atoms with E-state index in [0.29, 0.717) is 12.0 Å². The van der Waals surface area contributed by atoms with Crippen LogP contribution in [0.4, 0.5) is 0 Å². The third-order valence-electron chi connectivity index (χ3n) is 9.75. The van der Waals surface area contributed by atoms with E-state index in [4.69, 9.17) is 0 Å². The van der Waals surface area contributed by atoms with Gasteiger partial charge in [0.05, 0.1) is 34.4 Å². The predicted octanol–water partition coefficient (Wildman–Crippen LogP) is 10.9. The van der Waals surface area contributed by atoms with E-state index in [1.807, 2.05) is 30.3 Å². The molecule has 0 fully saturated rings. The summed E-state index contributed by atoms with van der Waals surface area (Å²) in [6.07, 6.45) is 4.96. The third kappa shape index (κ3) is 4.14. The third-order valence-corrected chi connectivity index (χ3v) is 9.75. The van der Waals surface area contributed by atoms with Crippen LogP contribution in [0.1, 0.15) is 23.6 Å². The number of allylic oxidation sites excluding steroid dienone is 4. The first kappa shape index (κ1) is 27.7. The van der Waals surface area contributed by atoms with Crippen LogP contribution in [0.15, 0.2) is 157 Å². The number of hydrogen-bond donors (Lipinski definition) is 0. The Bertz CT molecular complexity index is 2630. The number of nitriles is 2. The van der Waals surface area contributed by atoms with Gasteiger partial charge in [-0.05, 0) is 53.1 Å². The Hall–Kier alpha value is -6.62. The van der Waals surface area contributed by atoms with Crippen molar-refractivity contribution in [3.63, 3.8) is 0 Å². The minimum atomic E-state index is 0.0191. The maximum absolute atomic E-state index is 10.5. The lowest BCUT2D eigenvalue weighted by molar-refractivity contribution is 0.639. The van der Waals surface area contributed by atoms with Gasteiger partial charge in [0.1, 0.15) is 6.07 Å². The Kier molecular flexibility index (Phi) is 6.35. The summed E-state index contributed by atoms with van der Waals surface area (Å²) >= 11 is 0. The molecule has 0 N–H and O–H groups in total. The lowest BCUT2D eigenvalue weighted by Gasteiger charge is -2.23. The van der Waals surface area contributed by atoms with Gasteiger partial charge >= 0.3 is 0 Å². The predicted molar refractivity (Wildman–Crippen MR) is 196 cm³/mol. The minimum absolute atomic E-state index is 0.0191. The first-order valence-corrected chi connectivity index (χ1v) is 16.2. The molecule has 2 heterocycles. The highest BCUT2D eigenvalue weighted by Gasteiger charge is 2.24. The number of aromatic nitrogens is 2. The number of fused-ring (bicyclic) bond motifs is 6. The average molecular weight is 613 g/mol. The van der Waals surface area contributed by atoms with Crippen LogP contribution in [-0.4, -0.2) is 9.13 Å². The first-order valence-electron chi connectivity index (χ1n) is 16.2. The van der Waals surface area contributed by atoms with Crippen molar-refractivity contribution < 1.29 is 0 Å². The van der Waals surface area contributed by atoms with E-state index >= 15 is 0 Å². The summed E-state index contributed by atoms with van der Waals surface area (Å²) in [6.45, 7) is 0. The Morgan fingerprint density at radius 3 is 1.69 bits per heavy atom. The van der Waals surface area contributed by atoms with Crippen LogP contribution in [0.2, 0.25) is 0 Å². The molecule has 1 atom stereocenters. The number of hydrogen-bond acceptors (Lipinski definition) is 2. The zero-order valence-electron chi connectivity index (χ0n) is 26.0. The number of para-hydroxylation sites is 5. The first-order chi connectivity index (χ1) is 23.7. The van der Waals surface area contributed by atoms with Crippen molar-refractivity contribution >= 4 is 49.2 Å². The summed E-state index contributed by atoms with van der Waals surface area (Å²) in [5.41, 5.74) is 10.5. The van der Waals surface area contributed by atoms with Crippen LogP contribution in [0.3, 0.4) is 0 Å². The van der Waals surface area contributed by atoms with Crippen LogP contribution < -0.4 is 0 Å². The van der Waals surface area contributed by atoms with E-state index in [2.05, 4.69) is 143 Å². The van der Waals surface area contributed by atoms with E-state index in [1.54, 1.807) is 0 Å². The molecule has 0 radical (unpaired) electrons. The van der Waals surface area contributed by atoms with Crippen molar-refractivity contribution in [3.05, 3.63) is 168 Å². The Morgan fingerprint density at radius 2 is 1.08 bits per heavy atom. The second-order valence-electron chi connectivity index (χ2n) is 12.3. The maximum atomic E-state index is 10.5. The van der Waals surface area contributed by atoms with Gasteiger partial charge in [0.15, 0.2) is 0 Å². The molecule has 0 saturated heterocycles. The number of rotatable bonds is 4. The van der Waals surface area contributed by atoms with E-state index in [-0.39, 0.29) is 6.04 Å². The van der Waals surface area contributed by atoms with Crippen molar-refractivity contribution in [2.45, 2.75) is 12.5 Å². The molecule has 0 aliphatic heterocycles. The quantitative estimate of drug-likeness (QED) is 0.199. The molecule has 2 aromatic heterocycles. The smallest absolute Gasteiger partial charge is 0.101 e. The second kappa shape index (κ2) is 11.0. The topological polar surface area (TPSA) is 57.4 Å². The zero-order chi connectivity index (χ0) is 32.2. The molecule has 6 aromatic carbocycles. The SMILES string of the molecule is N#CC1=C(c2cccc(-c3cccc(C#N)c3-n3c4ccccc4c4ccccc43)c2)C=CC(n2c3ccccc3c3ccccc32)C1. The van der Waals surface area contributed by atoms with Gasteiger partial charge in [-0.15, -0.1) is 0 Å². The Labute approximate surface area is 277 Å². The van der Waals surface area contributed by atoms with Crippen molar-refractivity contribution in [1.29, 1.82) is 10.5 Å². The molecule has 4 heteroatoms. The van der Waals surface area contributed by atoms with Gasteiger partial charge in [0.2, 0.25) is 0 Å². The van der Waals surface area contributed by atoms with Gasteiger partial charge in [-0.1, -0.05) is 115 Å². The maximum Gasteiger partial charge on any atom is 0.101 e. The molecule has 224 valence electrons. The molecule has 48 heavy (non-hydrogen) atoms. The highest BCUT2D eigenvalue weighted by Crippen LogP contribution is 2.41. The van der Waals surface area contributed by atoms with E-state index in [0.717, 1.165) is 55.3 Å². The van der Waals surface area contributed by atoms with Crippen LogP contribution in [0.5, 0.6) is 0 Å². The molecule has 1 unspecified atom stereocenters. The summed E-state index contributed by atoms with van der Waals surface area (Å²) in [6, 6.07) is 53.1. The molecule has 1 aliphatic carbocycles. The molecule has 0 bridgehead atoms. The van der Waals surface area contributed by atoms with Crippen molar-refractivity contribution in [2.24, 2.45) is 0 Å². The largest absolute Gasteiger partial charge is 0.333 e. The van der Waals surface area contributed by atoms with E-state index in [9.17, 15) is 10.5 Å². The summed E-state index contributed by atoms with van der Waals surface area (Å²) in [5, 5.41) is 25.6. The molecule has 0 spiro atoms. The average Bonchev–Trinajstić information content (AvgIpc) is 3.67.